The second-order valence-electron chi connectivity index (χ2n) is 7.98. The molecule has 0 saturated heterocycles. The number of fused-ring (bicyclic) bond motifs is 3. The second kappa shape index (κ2) is 8.88. The van der Waals surface area contributed by atoms with Gasteiger partial charge in [0.1, 0.15) is 10.6 Å². The van der Waals surface area contributed by atoms with Crippen molar-refractivity contribution in [2.45, 2.75) is 38.3 Å². The van der Waals surface area contributed by atoms with Crippen LogP contribution in [0.3, 0.4) is 0 Å². The van der Waals surface area contributed by atoms with Crippen LogP contribution >= 0.6 is 0 Å². The predicted octanol–water partition coefficient (Wildman–Crippen LogP) is 4.44. The number of benzene rings is 3. The molecule has 0 aliphatic rings. The lowest BCUT2D eigenvalue weighted by Crippen LogP contribution is -2.41. The molecule has 0 spiro atoms. The molecule has 33 heavy (non-hydrogen) atoms. The molecule has 0 fully saturated rings. The number of nitrogens with zero attached hydrogens (tertiary/aromatic N) is 1. The van der Waals surface area contributed by atoms with Gasteiger partial charge in [0.15, 0.2) is 0 Å². The van der Waals surface area contributed by atoms with Gasteiger partial charge in [-0.25, -0.2) is 8.42 Å². The lowest BCUT2D eigenvalue weighted by Gasteiger charge is -2.16. The van der Waals surface area contributed by atoms with E-state index in [9.17, 15) is 13.2 Å². The van der Waals surface area contributed by atoms with Crippen molar-refractivity contribution in [2.24, 2.45) is 0 Å². The molecule has 0 radical (unpaired) electrons. The Hall–Kier alpha value is -3.36. The topological polar surface area (TPSA) is 89.4 Å². The molecule has 0 bridgehead atoms. The minimum Gasteiger partial charge on any atom is -0.495 e. The monoisotopic (exact) mass is 465 g/mol. The van der Waals surface area contributed by atoms with Gasteiger partial charge in [-0.1, -0.05) is 24.3 Å². The average Bonchev–Trinajstić information content (AvgIpc) is 3.11. The normalized spacial score (nSPS) is 12.7. The number of rotatable bonds is 7. The fourth-order valence-corrected chi connectivity index (χ4v) is 5.52. The van der Waals surface area contributed by atoms with Crippen LogP contribution < -0.4 is 14.8 Å². The van der Waals surface area contributed by atoms with Gasteiger partial charge in [-0.05, 0) is 62.7 Å². The summed E-state index contributed by atoms with van der Waals surface area (Å²) in [7, 11) is -2.56. The Balaban J connectivity index is 1.58. The molecule has 0 unspecified atom stereocenters. The summed E-state index contributed by atoms with van der Waals surface area (Å²) >= 11 is 0. The number of sulfonamides is 1. The highest BCUT2D eigenvalue weighted by Crippen LogP contribution is 2.31. The number of amides is 1. The first-order valence-electron chi connectivity index (χ1n) is 10.7. The minimum absolute atomic E-state index is 0.00144. The Morgan fingerprint density at radius 3 is 2.48 bits per heavy atom. The lowest BCUT2D eigenvalue weighted by atomic mass is 10.1. The lowest BCUT2D eigenvalue weighted by molar-refractivity contribution is -0.117. The molecule has 2 N–H and O–H groups in total. The van der Waals surface area contributed by atoms with Crippen LogP contribution in [0.15, 0.2) is 65.6 Å². The third kappa shape index (κ3) is 4.31. The molecule has 4 rings (SSSR count). The van der Waals surface area contributed by atoms with Crippen LogP contribution in [0.2, 0.25) is 0 Å². The maximum atomic E-state index is 12.9. The Morgan fingerprint density at radius 2 is 1.76 bits per heavy atom. The van der Waals surface area contributed by atoms with Crippen LogP contribution in [-0.2, 0) is 21.4 Å². The first-order chi connectivity index (χ1) is 15.7. The molecule has 172 valence electrons. The number of carbonyl (C=O) groups excluding carboxylic acids is 1. The van der Waals surface area contributed by atoms with Crippen LogP contribution in [0.25, 0.3) is 21.8 Å². The average molecular weight is 466 g/mol. The van der Waals surface area contributed by atoms with Crippen molar-refractivity contribution in [3.8, 4) is 5.75 Å². The third-order valence-corrected chi connectivity index (χ3v) is 7.25. The van der Waals surface area contributed by atoms with Crippen LogP contribution in [0.4, 0.5) is 5.69 Å². The summed E-state index contributed by atoms with van der Waals surface area (Å²) in [4.78, 5) is 12.8. The Labute approximate surface area is 193 Å². The number of para-hydroxylation sites is 1. The van der Waals surface area contributed by atoms with E-state index in [-0.39, 0.29) is 10.6 Å². The number of anilines is 1. The first kappa shape index (κ1) is 22.8. The molecule has 3 aromatic carbocycles. The van der Waals surface area contributed by atoms with Crippen molar-refractivity contribution >= 4 is 43.4 Å². The summed E-state index contributed by atoms with van der Waals surface area (Å²) in [6.45, 7) is 6.23. The summed E-state index contributed by atoms with van der Waals surface area (Å²) in [5.74, 6) is -0.234. The molecule has 1 aromatic heterocycles. The SMILES string of the molecule is CCn1c2ccccc2c2cc(NC(=O)[C@H](C)NS(=O)(=O)c3cc(C)ccc3OC)ccc21. The van der Waals surface area contributed by atoms with Crippen molar-refractivity contribution in [1.82, 2.24) is 9.29 Å². The van der Waals surface area contributed by atoms with Crippen LogP contribution in [0.1, 0.15) is 19.4 Å². The van der Waals surface area contributed by atoms with Gasteiger partial charge in [-0.2, -0.15) is 4.72 Å². The maximum absolute atomic E-state index is 12.9. The number of hydrogen-bond acceptors (Lipinski definition) is 4. The van der Waals surface area contributed by atoms with Gasteiger partial charge in [-0.15, -0.1) is 0 Å². The summed E-state index contributed by atoms with van der Waals surface area (Å²) in [6, 6.07) is 17.7. The van der Waals surface area contributed by atoms with Gasteiger partial charge in [0.25, 0.3) is 0 Å². The molecule has 4 aromatic rings. The first-order valence-corrected chi connectivity index (χ1v) is 12.2. The summed E-state index contributed by atoms with van der Waals surface area (Å²) < 4.78 is 35.7. The number of aromatic nitrogens is 1. The molecule has 0 aliphatic heterocycles. The number of carbonyl (C=O) groups is 1. The summed E-state index contributed by atoms with van der Waals surface area (Å²) in [5.41, 5.74) is 3.59. The minimum atomic E-state index is -3.96. The molecule has 0 aliphatic carbocycles. The predicted molar refractivity (Wildman–Crippen MR) is 131 cm³/mol. The van der Waals surface area contributed by atoms with Gasteiger partial charge in [0.05, 0.1) is 13.2 Å². The van der Waals surface area contributed by atoms with E-state index in [2.05, 4.69) is 33.7 Å². The summed E-state index contributed by atoms with van der Waals surface area (Å²) in [5, 5.41) is 4.97. The van der Waals surface area contributed by atoms with Crippen molar-refractivity contribution in [3.05, 3.63) is 66.2 Å². The van der Waals surface area contributed by atoms with Crippen molar-refractivity contribution in [3.63, 3.8) is 0 Å². The Morgan fingerprint density at radius 1 is 1.03 bits per heavy atom. The van der Waals surface area contributed by atoms with E-state index in [1.54, 1.807) is 19.1 Å². The molecular formula is C25H27N3O4S. The largest absolute Gasteiger partial charge is 0.495 e. The van der Waals surface area contributed by atoms with Crippen molar-refractivity contribution in [1.29, 1.82) is 0 Å². The van der Waals surface area contributed by atoms with Gasteiger partial charge < -0.3 is 14.6 Å². The molecule has 1 heterocycles. The van der Waals surface area contributed by atoms with Gasteiger partial charge in [0.2, 0.25) is 15.9 Å². The maximum Gasteiger partial charge on any atom is 0.244 e. The standard InChI is InChI=1S/C25H27N3O4S/c1-5-28-21-9-7-6-8-19(21)20-15-18(11-12-22(20)28)26-25(29)17(3)27-33(30,31)24-14-16(2)10-13-23(24)32-4/h6-15,17,27H,5H2,1-4H3,(H,26,29)/t17-/m0/s1. The fourth-order valence-electron chi connectivity index (χ4n) is 4.07. The fraction of sp³-hybridized carbons (Fsp3) is 0.240. The van der Waals surface area contributed by atoms with Gasteiger partial charge in [-0.3, -0.25) is 4.79 Å². The van der Waals surface area contributed by atoms with E-state index in [0.29, 0.717) is 5.69 Å². The highest BCUT2D eigenvalue weighted by atomic mass is 32.2. The molecular weight excluding hydrogens is 438 g/mol. The van der Waals surface area contributed by atoms with Crippen LogP contribution in [-0.4, -0.2) is 32.0 Å². The van der Waals surface area contributed by atoms with E-state index in [1.807, 2.05) is 30.3 Å². The highest BCUT2D eigenvalue weighted by molar-refractivity contribution is 7.89. The number of ether oxygens (including phenoxy) is 1. The molecule has 8 heteroatoms. The van der Waals surface area contributed by atoms with E-state index in [1.165, 1.54) is 20.1 Å². The smallest absolute Gasteiger partial charge is 0.244 e. The Bertz CT molecular complexity index is 1460. The second-order valence-corrected chi connectivity index (χ2v) is 9.66. The zero-order valence-electron chi connectivity index (χ0n) is 19.0. The third-order valence-electron chi connectivity index (χ3n) is 5.69. The molecule has 7 nitrogen and oxygen atoms in total. The number of methoxy groups -OCH3 is 1. The van der Waals surface area contributed by atoms with Crippen LogP contribution in [0.5, 0.6) is 5.75 Å². The van der Waals surface area contributed by atoms with Crippen molar-refractivity contribution in [2.75, 3.05) is 12.4 Å². The highest BCUT2D eigenvalue weighted by Gasteiger charge is 2.25. The van der Waals surface area contributed by atoms with Gasteiger partial charge >= 0.3 is 0 Å². The molecule has 1 amide bonds. The van der Waals surface area contributed by atoms with E-state index in [0.717, 1.165) is 33.9 Å². The number of hydrogen-bond donors (Lipinski definition) is 2. The summed E-state index contributed by atoms with van der Waals surface area (Å²) in [6.07, 6.45) is 0. The zero-order chi connectivity index (χ0) is 23.8. The Kier molecular flexibility index (Phi) is 6.14. The number of nitrogens with one attached hydrogen (secondary N) is 2. The molecule has 1 atom stereocenters. The van der Waals surface area contributed by atoms with E-state index >= 15 is 0 Å². The molecule has 0 saturated carbocycles. The van der Waals surface area contributed by atoms with E-state index in [4.69, 9.17) is 4.74 Å². The van der Waals surface area contributed by atoms with E-state index < -0.39 is 22.0 Å². The van der Waals surface area contributed by atoms with Crippen molar-refractivity contribution < 1.29 is 17.9 Å². The quantitative estimate of drug-likeness (QED) is 0.422. The van der Waals surface area contributed by atoms with Crippen LogP contribution in [0, 0.1) is 6.92 Å². The number of aryl methyl sites for hydroxylation is 2. The zero-order valence-corrected chi connectivity index (χ0v) is 19.9. The van der Waals surface area contributed by atoms with Gasteiger partial charge in [0, 0.05) is 34.0 Å².